The molecule has 1 fully saturated rings. The van der Waals surface area contributed by atoms with E-state index in [0.717, 1.165) is 36.5 Å². The Balaban J connectivity index is 1.48. The van der Waals surface area contributed by atoms with Gasteiger partial charge in [-0.25, -0.2) is 0 Å². The van der Waals surface area contributed by atoms with Crippen molar-refractivity contribution in [3.63, 3.8) is 0 Å². The molecule has 158 valence electrons. The number of aryl methyl sites for hydroxylation is 1. The first-order valence-corrected chi connectivity index (χ1v) is 10.7. The van der Waals surface area contributed by atoms with E-state index >= 15 is 0 Å². The normalized spacial score (nSPS) is 20.6. The lowest BCUT2D eigenvalue weighted by Crippen LogP contribution is -2.36. The first kappa shape index (κ1) is 21.5. The topological polar surface area (TPSA) is 63.1 Å². The minimum absolute atomic E-state index is 0.0531. The van der Waals surface area contributed by atoms with E-state index in [1.807, 2.05) is 30.8 Å². The highest BCUT2D eigenvalue weighted by atomic mass is 16.2. The van der Waals surface area contributed by atoms with Crippen molar-refractivity contribution in [2.75, 3.05) is 20.6 Å². The Morgan fingerprint density at radius 3 is 2.48 bits per heavy atom. The van der Waals surface area contributed by atoms with Crippen LogP contribution in [0.3, 0.4) is 0 Å². The van der Waals surface area contributed by atoms with Crippen LogP contribution in [0.15, 0.2) is 24.4 Å². The number of hydrogen-bond donors (Lipinski definition) is 1. The van der Waals surface area contributed by atoms with Crippen molar-refractivity contribution in [1.29, 1.82) is 0 Å². The van der Waals surface area contributed by atoms with Crippen molar-refractivity contribution in [2.45, 2.75) is 59.0 Å². The fourth-order valence-electron chi connectivity index (χ4n) is 4.58. The number of nitrogens with one attached hydrogen (secondary N) is 1. The minimum atomic E-state index is 0.0531. The van der Waals surface area contributed by atoms with E-state index in [1.54, 1.807) is 0 Å². The second-order valence-electron chi connectivity index (χ2n) is 8.70. The molecule has 0 saturated heterocycles. The zero-order chi connectivity index (χ0) is 21.0. The van der Waals surface area contributed by atoms with Crippen LogP contribution in [0.5, 0.6) is 0 Å². The number of aromatic nitrogens is 3. The molecule has 1 N–H and O–H groups in total. The molecule has 2 aromatic heterocycles. The molecule has 3 rings (SSSR count). The molecular weight excluding hydrogens is 362 g/mol. The number of carbonyl (C=O) groups excluding carboxylic acids is 1. The highest BCUT2D eigenvalue weighted by Gasteiger charge is 2.30. The maximum atomic E-state index is 12.4. The maximum absolute atomic E-state index is 12.4. The Hall–Kier alpha value is -2.21. The van der Waals surface area contributed by atoms with E-state index in [4.69, 9.17) is 0 Å². The van der Waals surface area contributed by atoms with Gasteiger partial charge in [0.05, 0.1) is 17.4 Å². The Bertz CT molecular complexity index is 806. The van der Waals surface area contributed by atoms with Gasteiger partial charge in [-0.05, 0) is 90.1 Å². The van der Waals surface area contributed by atoms with E-state index in [-0.39, 0.29) is 5.91 Å². The molecule has 1 amide bonds. The summed E-state index contributed by atoms with van der Waals surface area (Å²) >= 11 is 0. The maximum Gasteiger partial charge on any atom is 0.241 e. The number of pyridine rings is 1. The predicted octanol–water partition coefficient (Wildman–Crippen LogP) is 3.43. The summed E-state index contributed by atoms with van der Waals surface area (Å²) in [6.45, 7) is 7.13. The third-order valence-corrected chi connectivity index (χ3v) is 6.51. The molecule has 2 heterocycles. The van der Waals surface area contributed by atoms with Crippen molar-refractivity contribution < 1.29 is 4.79 Å². The van der Waals surface area contributed by atoms with Crippen LogP contribution in [0, 0.1) is 32.6 Å². The highest BCUT2D eigenvalue weighted by Crippen LogP contribution is 2.38. The molecule has 0 aromatic carbocycles. The average molecular weight is 398 g/mol. The number of rotatable bonds is 7. The summed E-state index contributed by atoms with van der Waals surface area (Å²) in [4.78, 5) is 19.3. The summed E-state index contributed by atoms with van der Waals surface area (Å²) in [5.41, 5.74) is 4.40. The summed E-state index contributed by atoms with van der Waals surface area (Å²) in [7, 11) is 4.29. The molecule has 1 aliphatic carbocycles. The Kier molecular flexibility index (Phi) is 7.06. The van der Waals surface area contributed by atoms with Gasteiger partial charge < -0.3 is 10.2 Å². The second kappa shape index (κ2) is 9.53. The van der Waals surface area contributed by atoms with E-state index in [1.165, 1.54) is 18.4 Å². The molecular formula is C23H35N5O. The first-order valence-electron chi connectivity index (χ1n) is 10.7. The number of nitrogens with zero attached hydrogens (tertiary/aromatic N) is 4. The van der Waals surface area contributed by atoms with Gasteiger partial charge in [-0.2, -0.15) is 5.10 Å². The lowest BCUT2D eigenvalue weighted by atomic mass is 9.77. The van der Waals surface area contributed by atoms with E-state index in [2.05, 4.69) is 53.5 Å². The lowest BCUT2D eigenvalue weighted by molar-refractivity contribution is -0.122. The molecule has 2 aromatic rings. The van der Waals surface area contributed by atoms with Crippen LogP contribution in [-0.4, -0.2) is 46.2 Å². The van der Waals surface area contributed by atoms with Crippen LogP contribution < -0.4 is 5.32 Å². The molecule has 6 nitrogen and oxygen atoms in total. The fraction of sp³-hybridized carbons (Fsp3) is 0.609. The molecule has 0 bridgehead atoms. The zero-order valence-electron chi connectivity index (χ0n) is 18.5. The smallest absolute Gasteiger partial charge is 0.241 e. The van der Waals surface area contributed by atoms with Gasteiger partial charge in [0, 0.05) is 18.4 Å². The van der Waals surface area contributed by atoms with Crippen LogP contribution in [0.4, 0.5) is 0 Å². The number of carbonyl (C=O) groups is 1. The fourth-order valence-corrected chi connectivity index (χ4v) is 4.58. The van der Waals surface area contributed by atoms with Crippen molar-refractivity contribution >= 4 is 5.91 Å². The monoisotopic (exact) mass is 397 g/mol. The van der Waals surface area contributed by atoms with E-state index in [9.17, 15) is 4.79 Å². The lowest BCUT2D eigenvalue weighted by Gasteiger charge is -2.37. The summed E-state index contributed by atoms with van der Waals surface area (Å²) < 4.78 is 1.81. The number of hydrogen-bond acceptors (Lipinski definition) is 4. The van der Waals surface area contributed by atoms with Gasteiger partial charge in [-0.3, -0.25) is 14.5 Å². The van der Waals surface area contributed by atoms with Gasteiger partial charge in [0.1, 0.15) is 6.54 Å². The largest absolute Gasteiger partial charge is 0.354 e. The molecule has 1 saturated carbocycles. The van der Waals surface area contributed by atoms with Crippen LogP contribution in [0.1, 0.15) is 54.4 Å². The standard InChI is InChI=1S/C23H35N5O/c1-16-17(2)26-28(18(16)3)15-22(29)25-14-19-9-11-20(12-10-19)23(27(4)5)21-8-6-7-13-24-21/h6-8,13,19-20,23H,9-12,14-15H2,1-5H3,(H,25,29)/t19?,20?,23-/m1/s1. The van der Waals surface area contributed by atoms with Crippen LogP contribution in [0.25, 0.3) is 0 Å². The minimum Gasteiger partial charge on any atom is -0.354 e. The van der Waals surface area contributed by atoms with Crippen molar-refractivity contribution in [2.24, 2.45) is 11.8 Å². The predicted molar refractivity (Wildman–Crippen MR) is 116 cm³/mol. The molecule has 29 heavy (non-hydrogen) atoms. The Labute approximate surface area is 174 Å². The summed E-state index contributed by atoms with van der Waals surface area (Å²) in [5.74, 6) is 1.23. The van der Waals surface area contributed by atoms with Crippen LogP contribution >= 0.6 is 0 Å². The van der Waals surface area contributed by atoms with Crippen molar-refractivity contribution in [3.8, 4) is 0 Å². The van der Waals surface area contributed by atoms with Gasteiger partial charge in [-0.15, -0.1) is 0 Å². The third kappa shape index (κ3) is 5.24. The SMILES string of the molecule is Cc1nn(CC(=O)NCC2CCC([C@H](c3ccccn3)N(C)C)CC2)c(C)c1C. The molecule has 1 atom stereocenters. The summed E-state index contributed by atoms with van der Waals surface area (Å²) in [6, 6.07) is 6.55. The van der Waals surface area contributed by atoms with Crippen molar-refractivity contribution in [3.05, 3.63) is 47.0 Å². The molecule has 6 heteroatoms. The Morgan fingerprint density at radius 2 is 1.93 bits per heavy atom. The molecule has 0 radical (unpaired) electrons. The van der Waals surface area contributed by atoms with E-state index < -0.39 is 0 Å². The van der Waals surface area contributed by atoms with Gasteiger partial charge >= 0.3 is 0 Å². The van der Waals surface area contributed by atoms with Gasteiger partial charge in [0.25, 0.3) is 0 Å². The van der Waals surface area contributed by atoms with Gasteiger partial charge in [0.15, 0.2) is 0 Å². The zero-order valence-corrected chi connectivity index (χ0v) is 18.5. The average Bonchev–Trinajstić information content (AvgIpc) is 2.95. The first-order chi connectivity index (χ1) is 13.9. The summed E-state index contributed by atoms with van der Waals surface area (Å²) in [5, 5.41) is 7.60. The molecule has 0 unspecified atom stereocenters. The highest BCUT2D eigenvalue weighted by molar-refractivity contribution is 5.75. The number of amides is 1. The Morgan fingerprint density at radius 1 is 1.21 bits per heavy atom. The van der Waals surface area contributed by atoms with Gasteiger partial charge in [0.2, 0.25) is 5.91 Å². The van der Waals surface area contributed by atoms with E-state index in [0.29, 0.717) is 24.4 Å². The summed E-state index contributed by atoms with van der Waals surface area (Å²) in [6.07, 6.45) is 6.55. The quantitative estimate of drug-likeness (QED) is 0.777. The van der Waals surface area contributed by atoms with Gasteiger partial charge in [-0.1, -0.05) is 6.07 Å². The van der Waals surface area contributed by atoms with Crippen molar-refractivity contribution in [1.82, 2.24) is 25.0 Å². The third-order valence-electron chi connectivity index (χ3n) is 6.51. The second-order valence-corrected chi connectivity index (χ2v) is 8.70. The van der Waals surface area contributed by atoms with Crippen LogP contribution in [0.2, 0.25) is 0 Å². The molecule has 0 aliphatic heterocycles. The molecule has 1 aliphatic rings. The van der Waals surface area contributed by atoms with Crippen LogP contribution in [-0.2, 0) is 11.3 Å². The molecule has 0 spiro atoms.